The third kappa shape index (κ3) is 7.51. The molecule has 1 rings (SSSR count). The molecule has 1 atom stereocenters. The summed E-state index contributed by atoms with van der Waals surface area (Å²) in [5, 5.41) is 30.7. The van der Waals surface area contributed by atoms with Gasteiger partial charge in [0.05, 0.1) is 18.8 Å². The zero-order valence-corrected chi connectivity index (χ0v) is 12.5. The smallest absolute Gasteiger partial charge is 0.491 e. The molecule has 23 heavy (non-hydrogen) atoms. The minimum Gasteiger partial charge on any atom is -0.491 e. The van der Waals surface area contributed by atoms with Crippen LogP contribution in [0.4, 0.5) is 13.2 Å². The summed E-state index contributed by atoms with van der Waals surface area (Å²) in [5.74, 6) is -0.0978. The molecular formula is C14H20F3NO5. The fourth-order valence-electron chi connectivity index (χ4n) is 1.51. The van der Waals surface area contributed by atoms with Crippen molar-refractivity contribution in [2.75, 3.05) is 26.4 Å². The van der Waals surface area contributed by atoms with Crippen LogP contribution in [0.1, 0.15) is 6.92 Å². The third-order valence-electron chi connectivity index (χ3n) is 2.96. The van der Waals surface area contributed by atoms with Crippen LogP contribution < -0.4 is 14.8 Å². The van der Waals surface area contributed by atoms with Gasteiger partial charge in [-0.05, 0) is 31.2 Å². The molecule has 0 aromatic heterocycles. The lowest BCUT2D eigenvalue weighted by molar-refractivity contribution is -0.274. The summed E-state index contributed by atoms with van der Waals surface area (Å²) < 4.78 is 45.0. The zero-order chi connectivity index (χ0) is 17.5. The van der Waals surface area contributed by atoms with E-state index in [1.807, 2.05) is 0 Å². The van der Waals surface area contributed by atoms with Crippen molar-refractivity contribution >= 4 is 0 Å². The van der Waals surface area contributed by atoms with E-state index in [4.69, 9.17) is 14.9 Å². The maximum absolute atomic E-state index is 12.0. The number of halogens is 3. The van der Waals surface area contributed by atoms with Gasteiger partial charge in [0, 0.05) is 6.54 Å². The van der Waals surface area contributed by atoms with E-state index in [0.29, 0.717) is 0 Å². The molecule has 0 fully saturated rings. The van der Waals surface area contributed by atoms with Crippen LogP contribution in [-0.2, 0) is 0 Å². The molecule has 132 valence electrons. The van der Waals surface area contributed by atoms with Crippen LogP contribution >= 0.6 is 0 Å². The topological polar surface area (TPSA) is 91.2 Å². The Labute approximate surface area is 131 Å². The molecule has 9 heteroatoms. The third-order valence-corrected chi connectivity index (χ3v) is 2.96. The van der Waals surface area contributed by atoms with E-state index < -0.39 is 18.0 Å². The van der Waals surface area contributed by atoms with Crippen molar-refractivity contribution in [3.63, 3.8) is 0 Å². The first kappa shape index (κ1) is 19.5. The monoisotopic (exact) mass is 339 g/mol. The first-order valence-electron chi connectivity index (χ1n) is 6.81. The highest BCUT2D eigenvalue weighted by Crippen LogP contribution is 2.24. The number of β-amino-alcohol motifs (C(OH)–C–C–N with tert-alkyl or cyclic N) is 1. The highest BCUT2D eigenvalue weighted by Gasteiger charge is 2.31. The summed E-state index contributed by atoms with van der Waals surface area (Å²) in [6.45, 7) is 0.918. The number of nitrogens with one attached hydrogen (secondary N) is 1. The second-order valence-corrected chi connectivity index (χ2v) is 5.24. The first-order chi connectivity index (χ1) is 10.7. The SMILES string of the molecule is CC(CO)(CO)NCC(O)COc1ccc(OC(F)(F)F)cc1. The van der Waals surface area contributed by atoms with Crippen LogP contribution in [-0.4, -0.2) is 59.7 Å². The van der Waals surface area contributed by atoms with Gasteiger partial charge in [0.25, 0.3) is 0 Å². The maximum atomic E-state index is 12.0. The lowest BCUT2D eigenvalue weighted by Gasteiger charge is -2.27. The second kappa shape index (κ2) is 8.34. The molecule has 1 aromatic carbocycles. The predicted octanol–water partition coefficient (Wildman–Crippen LogP) is 0.658. The van der Waals surface area contributed by atoms with Gasteiger partial charge < -0.3 is 30.1 Å². The molecular weight excluding hydrogens is 319 g/mol. The lowest BCUT2D eigenvalue weighted by atomic mass is 10.1. The van der Waals surface area contributed by atoms with Gasteiger partial charge in [0.15, 0.2) is 0 Å². The predicted molar refractivity (Wildman–Crippen MR) is 75.2 cm³/mol. The van der Waals surface area contributed by atoms with Crippen molar-refractivity contribution in [1.82, 2.24) is 5.32 Å². The summed E-state index contributed by atoms with van der Waals surface area (Å²) in [5.41, 5.74) is -0.919. The Morgan fingerprint density at radius 1 is 1.09 bits per heavy atom. The molecule has 0 heterocycles. The zero-order valence-electron chi connectivity index (χ0n) is 12.5. The van der Waals surface area contributed by atoms with E-state index in [1.165, 1.54) is 12.1 Å². The molecule has 0 amide bonds. The Morgan fingerprint density at radius 2 is 1.61 bits per heavy atom. The number of aliphatic hydroxyl groups is 3. The van der Waals surface area contributed by atoms with Crippen molar-refractivity contribution in [2.45, 2.75) is 24.9 Å². The van der Waals surface area contributed by atoms with E-state index >= 15 is 0 Å². The number of hydrogen-bond acceptors (Lipinski definition) is 6. The van der Waals surface area contributed by atoms with Crippen LogP contribution in [0, 0.1) is 0 Å². The number of hydrogen-bond donors (Lipinski definition) is 4. The van der Waals surface area contributed by atoms with E-state index in [0.717, 1.165) is 12.1 Å². The van der Waals surface area contributed by atoms with Crippen LogP contribution in [0.2, 0.25) is 0 Å². The fraction of sp³-hybridized carbons (Fsp3) is 0.571. The van der Waals surface area contributed by atoms with Crippen molar-refractivity contribution in [3.8, 4) is 11.5 Å². The molecule has 0 saturated heterocycles. The summed E-state index contributed by atoms with van der Waals surface area (Å²) in [6.07, 6.45) is -5.69. The van der Waals surface area contributed by atoms with Gasteiger partial charge in [0.1, 0.15) is 24.2 Å². The lowest BCUT2D eigenvalue weighted by Crippen LogP contribution is -2.52. The van der Waals surface area contributed by atoms with Crippen molar-refractivity contribution in [2.24, 2.45) is 0 Å². The minimum atomic E-state index is -4.75. The van der Waals surface area contributed by atoms with Gasteiger partial charge in [0.2, 0.25) is 0 Å². The van der Waals surface area contributed by atoms with E-state index in [2.05, 4.69) is 10.1 Å². The van der Waals surface area contributed by atoms with Crippen molar-refractivity contribution < 1.29 is 38.0 Å². The van der Waals surface area contributed by atoms with E-state index in [9.17, 15) is 18.3 Å². The summed E-state index contributed by atoms with van der Waals surface area (Å²) in [6, 6.07) is 4.77. The highest BCUT2D eigenvalue weighted by atomic mass is 19.4. The largest absolute Gasteiger partial charge is 0.573 e. The molecule has 0 aliphatic heterocycles. The van der Waals surface area contributed by atoms with Crippen LogP contribution in [0.3, 0.4) is 0 Å². The summed E-state index contributed by atoms with van der Waals surface area (Å²) in [7, 11) is 0. The molecule has 0 radical (unpaired) electrons. The van der Waals surface area contributed by atoms with Gasteiger partial charge in [-0.2, -0.15) is 0 Å². The highest BCUT2D eigenvalue weighted by molar-refractivity contribution is 5.31. The second-order valence-electron chi connectivity index (χ2n) is 5.24. The molecule has 0 aliphatic rings. The standard InChI is InChI=1S/C14H20F3NO5/c1-13(8-19,9-20)18-6-10(21)7-22-11-2-4-12(5-3-11)23-14(15,16)17/h2-5,10,18-21H,6-9H2,1H3. The Hall–Kier alpha value is -1.55. The minimum absolute atomic E-state index is 0.0624. The Bertz CT molecular complexity index is 462. The maximum Gasteiger partial charge on any atom is 0.573 e. The Kier molecular flexibility index (Phi) is 7.07. The molecule has 6 nitrogen and oxygen atoms in total. The molecule has 0 bridgehead atoms. The molecule has 0 spiro atoms. The quantitative estimate of drug-likeness (QED) is 0.528. The van der Waals surface area contributed by atoms with Gasteiger partial charge in [-0.15, -0.1) is 13.2 Å². The normalized spacial score (nSPS) is 13.7. The van der Waals surface area contributed by atoms with Crippen molar-refractivity contribution in [1.29, 1.82) is 0 Å². The molecule has 0 saturated carbocycles. The van der Waals surface area contributed by atoms with Gasteiger partial charge in [-0.1, -0.05) is 0 Å². The first-order valence-corrected chi connectivity index (χ1v) is 6.81. The molecule has 4 N–H and O–H groups in total. The fourth-order valence-corrected chi connectivity index (χ4v) is 1.51. The molecule has 1 unspecified atom stereocenters. The Balaban J connectivity index is 2.40. The van der Waals surface area contributed by atoms with Gasteiger partial charge >= 0.3 is 6.36 Å². The van der Waals surface area contributed by atoms with E-state index in [-0.39, 0.29) is 37.9 Å². The molecule has 1 aromatic rings. The number of ether oxygens (including phenoxy) is 2. The average Bonchev–Trinajstić information content (AvgIpc) is 2.50. The van der Waals surface area contributed by atoms with E-state index in [1.54, 1.807) is 6.92 Å². The van der Waals surface area contributed by atoms with Gasteiger partial charge in [-0.3, -0.25) is 0 Å². The summed E-state index contributed by atoms with van der Waals surface area (Å²) >= 11 is 0. The van der Waals surface area contributed by atoms with Crippen molar-refractivity contribution in [3.05, 3.63) is 24.3 Å². The van der Waals surface area contributed by atoms with Crippen LogP contribution in [0.5, 0.6) is 11.5 Å². The number of rotatable bonds is 9. The molecule has 0 aliphatic carbocycles. The summed E-state index contributed by atoms with van der Waals surface area (Å²) in [4.78, 5) is 0. The van der Waals surface area contributed by atoms with Crippen LogP contribution in [0.15, 0.2) is 24.3 Å². The number of benzene rings is 1. The average molecular weight is 339 g/mol. The van der Waals surface area contributed by atoms with Gasteiger partial charge in [-0.25, -0.2) is 0 Å². The van der Waals surface area contributed by atoms with Crippen LogP contribution in [0.25, 0.3) is 0 Å². The Morgan fingerprint density at radius 3 is 2.09 bits per heavy atom. The number of alkyl halides is 3. The number of aliphatic hydroxyl groups excluding tert-OH is 3.